The van der Waals surface area contributed by atoms with Gasteiger partial charge in [0.05, 0.1) is 12.4 Å². The van der Waals surface area contributed by atoms with Gasteiger partial charge >= 0.3 is 0 Å². The van der Waals surface area contributed by atoms with Gasteiger partial charge in [0.2, 0.25) is 5.82 Å². The molecule has 0 saturated heterocycles. The number of hydrogen-bond donors (Lipinski definition) is 1. The lowest BCUT2D eigenvalue weighted by Crippen LogP contribution is -2.10. The van der Waals surface area contributed by atoms with E-state index >= 15 is 0 Å². The van der Waals surface area contributed by atoms with Crippen LogP contribution in [0, 0.1) is 0 Å². The van der Waals surface area contributed by atoms with Gasteiger partial charge in [-0.05, 0) is 42.3 Å². The van der Waals surface area contributed by atoms with Crippen LogP contribution in [0.15, 0.2) is 36.2 Å². The highest BCUT2D eigenvalue weighted by atomic mass is 19.1. The van der Waals surface area contributed by atoms with Crippen molar-refractivity contribution in [3.05, 3.63) is 36.2 Å². The monoisotopic (exact) mass is 289 g/mol. The lowest BCUT2D eigenvalue weighted by Gasteiger charge is -2.07. The SMILES string of the molecule is NC/C(=C/F)COc1ccc(-c2nnn(C3CC3)n2)cc1. The third kappa shape index (κ3) is 3.25. The molecule has 21 heavy (non-hydrogen) atoms. The molecule has 1 fully saturated rings. The topological polar surface area (TPSA) is 78.9 Å². The zero-order valence-corrected chi connectivity index (χ0v) is 11.4. The van der Waals surface area contributed by atoms with Crippen LogP contribution in [0.25, 0.3) is 11.4 Å². The molecule has 1 aromatic heterocycles. The van der Waals surface area contributed by atoms with Gasteiger partial charge in [-0.1, -0.05) is 0 Å². The molecule has 2 N–H and O–H groups in total. The number of tetrazole rings is 1. The highest BCUT2D eigenvalue weighted by Gasteiger charge is 2.26. The number of rotatable bonds is 6. The van der Waals surface area contributed by atoms with E-state index in [1.54, 1.807) is 16.9 Å². The lowest BCUT2D eigenvalue weighted by molar-refractivity contribution is 0.347. The maximum absolute atomic E-state index is 12.4. The van der Waals surface area contributed by atoms with Gasteiger partial charge in [-0.15, -0.1) is 10.2 Å². The number of benzene rings is 1. The Morgan fingerprint density at radius 3 is 2.76 bits per heavy atom. The van der Waals surface area contributed by atoms with Crippen LogP contribution in [-0.4, -0.2) is 33.4 Å². The molecule has 0 spiro atoms. The summed E-state index contributed by atoms with van der Waals surface area (Å²) in [6.07, 6.45) is 2.72. The zero-order valence-electron chi connectivity index (χ0n) is 11.4. The molecule has 1 aliphatic rings. The van der Waals surface area contributed by atoms with Crippen LogP contribution in [0.1, 0.15) is 18.9 Å². The third-order valence-electron chi connectivity index (χ3n) is 3.25. The van der Waals surface area contributed by atoms with E-state index in [-0.39, 0.29) is 13.2 Å². The van der Waals surface area contributed by atoms with Crippen LogP contribution in [0.4, 0.5) is 4.39 Å². The third-order valence-corrected chi connectivity index (χ3v) is 3.25. The highest BCUT2D eigenvalue weighted by Crippen LogP contribution is 2.33. The van der Waals surface area contributed by atoms with E-state index in [4.69, 9.17) is 10.5 Å². The first-order valence-electron chi connectivity index (χ1n) is 6.81. The average Bonchev–Trinajstić information content (AvgIpc) is 3.26. The van der Waals surface area contributed by atoms with Gasteiger partial charge in [-0.25, -0.2) is 4.39 Å². The fourth-order valence-electron chi connectivity index (χ4n) is 1.81. The summed E-state index contributed by atoms with van der Waals surface area (Å²) in [6, 6.07) is 7.70. The van der Waals surface area contributed by atoms with Crippen molar-refractivity contribution in [2.75, 3.05) is 13.2 Å². The van der Waals surface area contributed by atoms with E-state index in [0.717, 1.165) is 18.4 Å². The second-order valence-corrected chi connectivity index (χ2v) is 4.95. The minimum absolute atomic E-state index is 0.141. The van der Waals surface area contributed by atoms with Gasteiger partial charge in [-0.3, -0.25) is 0 Å². The molecule has 0 bridgehead atoms. The van der Waals surface area contributed by atoms with E-state index in [1.165, 1.54) is 0 Å². The van der Waals surface area contributed by atoms with Crippen LogP contribution in [0.3, 0.4) is 0 Å². The Bertz CT molecular complexity index is 633. The molecule has 1 aliphatic carbocycles. The molecule has 0 aliphatic heterocycles. The summed E-state index contributed by atoms with van der Waals surface area (Å²) in [4.78, 5) is 1.67. The Balaban J connectivity index is 1.65. The largest absolute Gasteiger partial charge is 0.489 e. The van der Waals surface area contributed by atoms with Gasteiger partial charge in [-0.2, -0.15) is 4.80 Å². The van der Waals surface area contributed by atoms with Crippen LogP contribution in [0.5, 0.6) is 5.75 Å². The van der Waals surface area contributed by atoms with Crippen molar-refractivity contribution >= 4 is 0 Å². The normalized spacial score (nSPS) is 15.2. The molecule has 2 aromatic rings. The molecule has 1 saturated carbocycles. The molecule has 0 unspecified atom stereocenters. The molecule has 1 aromatic carbocycles. The second-order valence-electron chi connectivity index (χ2n) is 4.95. The first-order valence-corrected chi connectivity index (χ1v) is 6.81. The van der Waals surface area contributed by atoms with Crippen LogP contribution in [0.2, 0.25) is 0 Å². The Kier molecular flexibility index (Phi) is 3.92. The van der Waals surface area contributed by atoms with Gasteiger partial charge in [0.15, 0.2) is 0 Å². The molecule has 6 nitrogen and oxygen atoms in total. The van der Waals surface area contributed by atoms with Crippen LogP contribution in [-0.2, 0) is 0 Å². The molecule has 110 valence electrons. The van der Waals surface area contributed by atoms with E-state index < -0.39 is 0 Å². The predicted octanol–water partition coefficient (Wildman–Crippen LogP) is 1.87. The van der Waals surface area contributed by atoms with Crippen molar-refractivity contribution in [1.29, 1.82) is 0 Å². The molecule has 1 heterocycles. The van der Waals surface area contributed by atoms with Gasteiger partial charge in [0, 0.05) is 17.7 Å². The van der Waals surface area contributed by atoms with Crippen LogP contribution < -0.4 is 10.5 Å². The molecule has 0 atom stereocenters. The fourth-order valence-corrected chi connectivity index (χ4v) is 1.81. The summed E-state index contributed by atoms with van der Waals surface area (Å²) in [7, 11) is 0. The fraction of sp³-hybridized carbons (Fsp3) is 0.357. The summed E-state index contributed by atoms with van der Waals surface area (Å²) in [5, 5.41) is 12.4. The number of ether oxygens (including phenoxy) is 1. The minimum Gasteiger partial charge on any atom is -0.489 e. The Hall–Kier alpha value is -2.28. The summed E-state index contributed by atoms with van der Waals surface area (Å²) < 4.78 is 17.8. The lowest BCUT2D eigenvalue weighted by atomic mass is 10.2. The Morgan fingerprint density at radius 1 is 1.38 bits per heavy atom. The van der Waals surface area contributed by atoms with Crippen molar-refractivity contribution in [2.45, 2.75) is 18.9 Å². The van der Waals surface area contributed by atoms with E-state index in [9.17, 15) is 4.39 Å². The van der Waals surface area contributed by atoms with Crippen molar-refractivity contribution in [1.82, 2.24) is 20.2 Å². The molecular formula is C14H16FN5O. The van der Waals surface area contributed by atoms with Crippen LogP contribution >= 0.6 is 0 Å². The molecule has 0 radical (unpaired) electrons. The summed E-state index contributed by atoms with van der Waals surface area (Å²) in [6.45, 7) is 0.283. The van der Waals surface area contributed by atoms with Crippen molar-refractivity contribution in [2.24, 2.45) is 5.73 Å². The molecule has 0 amide bonds. The van der Waals surface area contributed by atoms with Gasteiger partial charge in [0.25, 0.3) is 0 Å². The number of halogens is 1. The maximum Gasteiger partial charge on any atom is 0.204 e. The molecule has 7 heteroatoms. The Morgan fingerprint density at radius 2 is 2.14 bits per heavy atom. The van der Waals surface area contributed by atoms with E-state index in [1.807, 2.05) is 12.1 Å². The number of aromatic nitrogens is 4. The van der Waals surface area contributed by atoms with Crippen molar-refractivity contribution < 1.29 is 9.13 Å². The predicted molar refractivity (Wildman–Crippen MR) is 75.3 cm³/mol. The quantitative estimate of drug-likeness (QED) is 0.878. The zero-order chi connectivity index (χ0) is 14.7. The van der Waals surface area contributed by atoms with E-state index in [0.29, 0.717) is 29.5 Å². The van der Waals surface area contributed by atoms with E-state index in [2.05, 4.69) is 15.4 Å². The average molecular weight is 289 g/mol. The summed E-state index contributed by atoms with van der Waals surface area (Å²) in [5.74, 6) is 1.24. The van der Waals surface area contributed by atoms with Gasteiger partial charge in [0.1, 0.15) is 12.4 Å². The highest BCUT2D eigenvalue weighted by molar-refractivity contribution is 5.55. The smallest absolute Gasteiger partial charge is 0.204 e. The summed E-state index contributed by atoms with van der Waals surface area (Å²) >= 11 is 0. The van der Waals surface area contributed by atoms with Crippen molar-refractivity contribution in [3.8, 4) is 17.1 Å². The summed E-state index contributed by atoms with van der Waals surface area (Å²) in [5.41, 5.74) is 6.65. The minimum atomic E-state index is 0.141. The standard InChI is InChI=1S/C14H16FN5O/c15-7-10(8-16)9-21-13-5-1-11(2-6-13)14-17-19-20(18-14)12-3-4-12/h1-2,5-7,12H,3-4,8-9,16H2/b10-7-. The number of nitrogens with zero attached hydrogens (tertiary/aromatic N) is 4. The maximum atomic E-state index is 12.4. The first-order chi connectivity index (χ1) is 10.3. The Labute approximate surface area is 121 Å². The second kappa shape index (κ2) is 6.01. The molecular weight excluding hydrogens is 273 g/mol. The first kappa shape index (κ1) is 13.7. The van der Waals surface area contributed by atoms with Crippen molar-refractivity contribution in [3.63, 3.8) is 0 Å². The number of hydrogen-bond acceptors (Lipinski definition) is 5. The molecule has 3 rings (SSSR count). The number of nitrogens with two attached hydrogens (primary N) is 1. The van der Waals surface area contributed by atoms with Gasteiger partial charge < -0.3 is 10.5 Å².